The van der Waals surface area contributed by atoms with Crippen LogP contribution >= 0.6 is 0 Å². The molecule has 216 valence electrons. The van der Waals surface area contributed by atoms with Gasteiger partial charge in [0.05, 0.1) is 0 Å². The zero-order valence-corrected chi connectivity index (χ0v) is 22.3. The normalized spacial score (nSPS) is 18.3. The summed E-state index contributed by atoms with van der Waals surface area (Å²) in [6.07, 6.45) is -3.72. The van der Waals surface area contributed by atoms with E-state index in [0.29, 0.717) is 43.2 Å². The van der Waals surface area contributed by atoms with Gasteiger partial charge in [0.15, 0.2) is 6.61 Å². The van der Waals surface area contributed by atoms with Gasteiger partial charge in [-0.3, -0.25) is 9.69 Å². The van der Waals surface area contributed by atoms with Crippen LogP contribution < -0.4 is 20.1 Å². The van der Waals surface area contributed by atoms with Crippen LogP contribution in [0.15, 0.2) is 60.7 Å². The highest BCUT2D eigenvalue weighted by Gasteiger charge is 2.29. The molecule has 3 aromatic rings. The van der Waals surface area contributed by atoms with Crippen molar-refractivity contribution in [2.75, 3.05) is 56.6 Å². The Balaban J connectivity index is 1.41. The number of carbonyl (C=O) groups excluding carboxylic acids is 1. The first kappa shape index (κ1) is 28.1. The molecule has 8 rings (SSSR count). The molecule has 0 spiro atoms. The van der Waals surface area contributed by atoms with E-state index in [4.69, 9.17) is 9.47 Å². The maximum absolute atomic E-state index is 13.2. The summed E-state index contributed by atoms with van der Waals surface area (Å²) < 4.78 is 49.0. The van der Waals surface area contributed by atoms with Crippen LogP contribution in [0.2, 0.25) is 0 Å². The largest absolute Gasteiger partial charge is 0.489 e. The van der Waals surface area contributed by atoms with Crippen molar-refractivity contribution in [2.24, 2.45) is 0 Å². The maximum Gasteiger partial charge on any atom is 0.422 e. The van der Waals surface area contributed by atoms with Crippen LogP contribution in [-0.4, -0.2) is 82.8 Å². The minimum absolute atomic E-state index is 0.0197. The van der Waals surface area contributed by atoms with Crippen molar-refractivity contribution in [1.29, 1.82) is 0 Å². The van der Waals surface area contributed by atoms with Gasteiger partial charge in [-0.05, 0) is 54.0 Å². The smallest absolute Gasteiger partial charge is 0.422 e. The molecule has 2 aromatic carbocycles. The van der Waals surface area contributed by atoms with Gasteiger partial charge in [-0.1, -0.05) is 18.7 Å². The fourth-order valence-electron chi connectivity index (χ4n) is 4.47. The van der Waals surface area contributed by atoms with E-state index in [1.165, 1.54) is 0 Å². The molecular formula is C28H30F3N7O3. The van der Waals surface area contributed by atoms with Crippen LogP contribution in [0.3, 0.4) is 0 Å². The molecule has 0 radical (unpaired) electrons. The van der Waals surface area contributed by atoms with Crippen molar-refractivity contribution in [3.05, 3.63) is 71.8 Å². The molecule has 41 heavy (non-hydrogen) atoms. The SMILES string of the molecule is C=C1COc2ccc(cc2)CNc2nc(nc(OCC(F)(F)F)n2)Nc2ccc(cc2)C(=O)N2CCCN(CC2)C1. The van der Waals surface area contributed by atoms with Crippen molar-refractivity contribution >= 4 is 23.5 Å². The van der Waals surface area contributed by atoms with Crippen molar-refractivity contribution in [3.8, 4) is 11.8 Å². The average Bonchev–Trinajstić information content (AvgIpc) is 3.19. The Morgan fingerprint density at radius 2 is 1.71 bits per heavy atom. The molecule has 5 aliphatic rings. The predicted octanol–water partition coefficient (Wildman–Crippen LogP) is 4.26. The Labute approximate surface area is 235 Å². The molecule has 0 saturated carbocycles. The second kappa shape index (κ2) is 12.4. The van der Waals surface area contributed by atoms with Crippen molar-refractivity contribution < 1.29 is 27.4 Å². The Kier molecular flexibility index (Phi) is 8.53. The quantitative estimate of drug-likeness (QED) is 0.438. The number of rotatable bonds is 2. The van der Waals surface area contributed by atoms with Gasteiger partial charge in [0.2, 0.25) is 11.9 Å². The van der Waals surface area contributed by atoms with Gasteiger partial charge in [0.25, 0.3) is 5.91 Å². The van der Waals surface area contributed by atoms with Gasteiger partial charge < -0.3 is 25.0 Å². The first-order valence-electron chi connectivity index (χ1n) is 13.2. The first-order chi connectivity index (χ1) is 19.7. The Morgan fingerprint density at radius 1 is 0.951 bits per heavy atom. The minimum atomic E-state index is -4.56. The van der Waals surface area contributed by atoms with Gasteiger partial charge >= 0.3 is 12.2 Å². The van der Waals surface area contributed by atoms with E-state index in [2.05, 4.69) is 37.1 Å². The number of nitrogens with zero attached hydrogens (tertiary/aromatic N) is 5. The zero-order valence-electron chi connectivity index (χ0n) is 22.3. The van der Waals surface area contributed by atoms with Crippen LogP contribution in [0.4, 0.5) is 30.8 Å². The molecule has 1 unspecified atom stereocenters. The van der Waals surface area contributed by atoms with Crippen molar-refractivity contribution in [1.82, 2.24) is 24.8 Å². The molecule has 1 aromatic heterocycles. The highest BCUT2D eigenvalue weighted by molar-refractivity contribution is 5.94. The molecular weight excluding hydrogens is 539 g/mol. The molecule has 6 heterocycles. The number of hydrogen-bond acceptors (Lipinski definition) is 9. The van der Waals surface area contributed by atoms with Crippen molar-refractivity contribution in [2.45, 2.75) is 19.1 Å². The molecule has 1 atom stereocenters. The summed E-state index contributed by atoms with van der Waals surface area (Å²) in [6, 6.07) is 13.7. The van der Waals surface area contributed by atoms with Gasteiger partial charge in [0.1, 0.15) is 12.4 Å². The number of alkyl halides is 3. The number of anilines is 3. The molecule has 5 aliphatic heterocycles. The number of carbonyl (C=O) groups is 1. The highest BCUT2D eigenvalue weighted by atomic mass is 19.4. The monoisotopic (exact) mass is 569 g/mol. The van der Waals surface area contributed by atoms with Crippen LogP contribution in [0.1, 0.15) is 22.3 Å². The third kappa shape index (κ3) is 8.07. The lowest BCUT2D eigenvalue weighted by molar-refractivity contribution is -0.154. The fraction of sp³-hybridized carbons (Fsp3) is 0.357. The Bertz CT molecular complexity index is 1370. The third-order valence-electron chi connectivity index (χ3n) is 6.51. The Hall–Kier alpha value is -4.39. The number of hydrogen-bond donors (Lipinski definition) is 2. The lowest BCUT2D eigenvalue weighted by Crippen LogP contribution is -2.35. The van der Waals surface area contributed by atoms with Gasteiger partial charge in [-0.25, -0.2) is 0 Å². The molecule has 0 aliphatic carbocycles. The predicted molar refractivity (Wildman–Crippen MR) is 146 cm³/mol. The summed E-state index contributed by atoms with van der Waals surface area (Å²) in [5.74, 6) is 0.613. The topological polar surface area (TPSA) is 105 Å². The number of halogens is 3. The highest BCUT2D eigenvalue weighted by Crippen LogP contribution is 2.22. The molecule has 2 N–H and O–H groups in total. The molecule has 1 saturated heterocycles. The molecule has 13 heteroatoms. The number of ether oxygens (including phenoxy) is 2. The fourth-order valence-corrected chi connectivity index (χ4v) is 4.47. The molecule has 10 nitrogen and oxygen atoms in total. The van der Waals surface area contributed by atoms with E-state index in [-0.39, 0.29) is 24.3 Å². The number of nitrogens with one attached hydrogen (secondary N) is 2. The van der Waals surface area contributed by atoms with E-state index in [9.17, 15) is 18.0 Å². The maximum atomic E-state index is 13.2. The summed E-state index contributed by atoms with van der Waals surface area (Å²) in [7, 11) is 0. The summed E-state index contributed by atoms with van der Waals surface area (Å²) in [5.41, 5.74) is 2.87. The summed E-state index contributed by atoms with van der Waals surface area (Å²) in [6.45, 7) is 6.79. The van der Waals surface area contributed by atoms with Crippen LogP contribution in [-0.2, 0) is 6.54 Å². The van der Waals surface area contributed by atoms with Gasteiger partial charge in [0, 0.05) is 50.5 Å². The van der Waals surface area contributed by atoms with Gasteiger partial charge in [-0.15, -0.1) is 0 Å². The number of aromatic nitrogens is 3. The lowest BCUT2D eigenvalue weighted by atomic mass is 10.1. The molecule has 1 amide bonds. The molecule has 8 bridgehead atoms. The molecule has 1 fully saturated rings. The zero-order chi connectivity index (χ0) is 28.8. The van der Waals surface area contributed by atoms with Crippen LogP contribution in [0, 0.1) is 0 Å². The first-order valence-corrected chi connectivity index (χ1v) is 13.2. The van der Waals surface area contributed by atoms with Crippen LogP contribution in [0.5, 0.6) is 11.8 Å². The second-order valence-corrected chi connectivity index (χ2v) is 9.83. The average molecular weight is 570 g/mol. The van der Waals surface area contributed by atoms with Crippen LogP contribution in [0.25, 0.3) is 0 Å². The third-order valence-corrected chi connectivity index (χ3v) is 6.51. The van der Waals surface area contributed by atoms with E-state index in [1.807, 2.05) is 29.2 Å². The summed E-state index contributed by atoms with van der Waals surface area (Å²) in [4.78, 5) is 29.6. The summed E-state index contributed by atoms with van der Waals surface area (Å²) in [5, 5.41) is 5.95. The van der Waals surface area contributed by atoms with E-state index < -0.39 is 18.8 Å². The van der Waals surface area contributed by atoms with E-state index in [1.54, 1.807) is 24.3 Å². The number of benzene rings is 2. The minimum Gasteiger partial charge on any atom is -0.489 e. The second-order valence-electron chi connectivity index (χ2n) is 9.83. The summed E-state index contributed by atoms with van der Waals surface area (Å²) >= 11 is 0. The standard InChI is InChI=1S/C28H30F3N7O3/c1-19-16-37-11-2-12-38(14-13-37)24(39)21-5-7-22(8-6-21)33-26-34-25(35-27(36-26)41-18-28(29,30)31)32-15-20-3-9-23(10-4-20)40-17-19/h3-10H,1-2,11-18H2,(H2,32,33,34,35,36). The van der Waals surface area contributed by atoms with E-state index in [0.717, 1.165) is 30.6 Å². The van der Waals surface area contributed by atoms with Gasteiger partial charge in [-0.2, -0.15) is 28.1 Å². The lowest BCUT2D eigenvalue weighted by Gasteiger charge is -2.23. The van der Waals surface area contributed by atoms with Crippen molar-refractivity contribution in [3.63, 3.8) is 0 Å². The van der Waals surface area contributed by atoms with E-state index >= 15 is 0 Å². The Morgan fingerprint density at radius 3 is 2.46 bits per heavy atom. The number of amides is 1.